The highest BCUT2D eigenvalue weighted by Gasteiger charge is 2.29. The number of hydrogen-bond acceptors (Lipinski definition) is 5. The quantitative estimate of drug-likeness (QED) is 0.607. The van der Waals surface area contributed by atoms with Gasteiger partial charge >= 0.3 is 0 Å². The topological polar surface area (TPSA) is 89.2 Å². The average Bonchev–Trinajstić information content (AvgIpc) is 3.35. The van der Waals surface area contributed by atoms with Crippen molar-refractivity contribution in [3.8, 4) is 11.5 Å². The number of anilines is 1. The van der Waals surface area contributed by atoms with E-state index in [1.807, 2.05) is 65.5 Å². The first-order valence-corrected chi connectivity index (χ1v) is 10.5. The second-order valence-corrected chi connectivity index (χ2v) is 7.70. The lowest BCUT2D eigenvalue weighted by Gasteiger charge is -2.28. The number of rotatable bonds is 6. The lowest BCUT2D eigenvalue weighted by Crippen LogP contribution is -2.37. The van der Waals surface area contributed by atoms with Crippen molar-refractivity contribution in [2.45, 2.75) is 32.7 Å². The van der Waals surface area contributed by atoms with E-state index >= 15 is 0 Å². The molecule has 9 heteroatoms. The van der Waals surface area contributed by atoms with Gasteiger partial charge in [-0.05, 0) is 19.1 Å². The van der Waals surface area contributed by atoms with E-state index in [-0.39, 0.29) is 24.7 Å². The molecule has 3 heterocycles. The molecule has 1 aromatic carbocycles. The van der Waals surface area contributed by atoms with Crippen molar-refractivity contribution >= 4 is 17.5 Å². The summed E-state index contributed by atoms with van der Waals surface area (Å²) in [6.45, 7) is 3.60. The van der Waals surface area contributed by atoms with Crippen LogP contribution in [0.15, 0.2) is 36.7 Å². The minimum Gasteiger partial charge on any atom is -0.338 e. The smallest absolute Gasteiger partial charge is 0.227 e. The molecule has 3 aromatic rings. The number of carbonyl (C=O) groups is 2. The second kappa shape index (κ2) is 8.71. The van der Waals surface area contributed by atoms with Crippen molar-refractivity contribution in [1.29, 1.82) is 0 Å². The molecule has 0 atom stereocenters. The molecular weight excluding hydrogens is 394 g/mol. The summed E-state index contributed by atoms with van der Waals surface area (Å²) in [6.07, 6.45) is 2.74. The van der Waals surface area contributed by atoms with Crippen molar-refractivity contribution < 1.29 is 9.59 Å². The number of fused-ring (bicyclic) bond motifs is 1. The van der Waals surface area contributed by atoms with Crippen LogP contribution >= 0.6 is 0 Å². The van der Waals surface area contributed by atoms with Crippen LogP contribution in [0.25, 0.3) is 11.5 Å². The number of para-hydroxylation sites is 1. The lowest BCUT2D eigenvalue weighted by molar-refractivity contribution is -0.134. The molecule has 0 radical (unpaired) electrons. The van der Waals surface area contributed by atoms with Gasteiger partial charge in [-0.3, -0.25) is 14.3 Å². The van der Waals surface area contributed by atoms with Crippen LogP contribution in [0.3, 0.4) is 0 Å². The van der Waals surface area contributed by atoms with Crippen LogP contribution in [-0.4, -0.2) is 54.3 Å². The Morgan fingerprint density at radius 2 is 1.90 bits per heavy atom. The van der Waals surface area contributed by atoms with Gasteiger partial charge in [-0.2, -0.15) is 5.10 Å². The molecule has 162 valence electrons. The molecule has 0 unspecified atom stereocenters. The molecule has 9 nitrogen and oxygen atoms in total. The second-order valence-electron chi connectivity index (χ2n) is 7.70. The predicted molar refractivity (Wildman–Crippen MR) is 116 cm³/mol. The Kier molecular flexibility index (Phi) is 5.83. The first kappa shape index (κ1) is 20.8. The van der Waals surface area contributed by atoms with E-state index < -0.39 is 0 Å². The summed E-state index contributed by atoms with van der Waals surface area (Å²) in [7, 11) is 3.79. The molecule has 2 aromatic heterocycles. The van der Waals surface area contributed by atoms with E-state index in [9.17, 15) is 9.59 Å². The highest BCUT2D eigenvalue weighted by molar-refractivity contribution is 5.95. The molecule has 31 heavy (non-hydrogen) atoms. The Morgan fingerprint density at radius 3 is 2.58 bits per heavy atom. The maximum Gasteiger partial charge on any atom is 0.227 e. The van der Waals surface area contributed by atoms with Crippen LogP contribution in [0.1, 0.15) is 31.0 Å². The molecule has 0 saturated heterocycles. The molecule has 2 amide bonds. The largest absolute Gasteiger partial charge is 0.338 e. The van der Waals surface area contributed by atoms with Gasteiger partial charge in [-0.15, -0.1) is 10.2 Å². The van der Waals surface area contributed by atoms with Gasteiger partial charge in [0.2, 0.25) is 11.8 Å². The fraction of sp³-hybridized carbons (Fsp3) is 0.409. The minimum atomic E-state index is -0.0408. The fourth-order valence-electron chi connectivity index (χ4n) is 4.10. The monoisotopic (exact) mass is 421 g/mol. The summed E-state index contributed by atoms with van der Waals surface area (Å²) in [5, 5.41) is 12.8. The number of aryl methyl sites for hydroxylation is 2. The Labute approximate surface area is 181 Å². The zero-order valence-electron chi connectivity index (χ0n) is 18.2. The Balaban J connectivity index is 1.44. The van der Waals surface area contributed by atoms with Gasteiger partial charge in [0.1, 0.15) is 12.0 Å². The Bertz CT molecular complexity index is 1090. The standard InChI is InChI=1S/C22H27N7O2/c1-4-29(16-8-6-5-7-9-16)20(31)11-10-19(30)28-13-12-18-17(14-28)21(25-27(18)3)22-24-23-15-26(22)2/h5-9,15H,4,10-14H2,1-3H3. The summed E-state index contributed by atoms with van der Waals surface area (Å²) in [5.41, 5.74) is 3.73. The number of amides is 2. The van der Waals surface area contributed by atoms with Crippen molar-refractivity contribution in [3.63, 3.8) is 0 Å². The first-order valence-electron chi connectivity index (χ1n) is 10.5. The maximum atomic E-state index is 12.9. The van der Waals surface area contributed by atoms with E-state index in [0.717, 1.165) is 29.1 Å². The summed E-state index contributed by atoms with van der Waals surface area (Å²) in [4.78, 5) is 29.2. The first-order chi connectivity index (χ1) is 15.0. The van der Waals surface area contributed by atoms with E-state index in [4.69, 9.17) is 0 Å². The molecule has 0 fully saturated rings. The van der Waals surface area contributed by atoms with E-state index in [0.29, 0.717) is 25.5 Å². The summed E-state index contributed by atoms with van der Waals surface area (Å²) >= 11 is 0. The minimum absolute atomic E-state index is 0.0177. The lowest BCUT2D eigenvalue weighted by atomic mass is 10.0. The molecule has 4 rings (SSSR count). The number of carbonyl (C=O) groups excluding carboxylic acids is 2. The van der Waals surface area contributed by atoms with Crippen LogP contribution in [0.4, 0.5) is 5.69 Å². The Hall–Kier alpha value is -3.49. The van der Waals surface area contributed by atoms with Gasteiger partial charge in [0.25, 0.3) is 0 Å². The number of benzene rings is 1. The van der Waals surface area contributed by atoms with Crippen LogP contribution in [0.2, 0.25) is 0 Å². The molecule has 1 aliphatic rings. The van der Waals surface area contributed by atoms with Gasteiger partial charge in [-0.1, -0.05) is 18.2 Å². The molecule has 0 bridgehead atoms. The van der Waals surface area contributed by atoms with Crippen molar-refractivity contribution in [3.05, 3.63) is 47.9 Å². The normalized spacial score (nSPS) is 13.2. The van der Waals surface area contributed by atoms with E-state index in [1.54, 1.807) is 11.2 Å². The molecular formula is C22H27N7O2. The van der Waals surface area contributed by atoms with Gasteiger partial charge in [-0.25, -0.2) is 0 Å². The third-order valence-corrected chi connectivity index (χ3v) is 5.76. The Morgan fingerprint density at radius 1 is 1.13 bits per heavy atom. The highest BCUT2D eigenvalue weighted by atomic mass is 16.2. The number of nitrogens with zero attached hydrogens (tertiary/aromatic N) is 7. The van der Waals surface area contributed by atoms with Gasteiger partial charge < -0.3 is 14.4 Å². The van der Waals surface area contributed by atoms with Crippen molar-refractivity contribution in [1.82, 2.24) is 29.4 Å². The van der Waals surface area contributed by atoms with Crippen LogP contribution in [0, 0.1) is 0 Å². The van der Waals surface area contributed by atoms with Gasteiger partial charge in [0.15, 0.2) is 5.82 Å². The van der Waals surface area contributed by atoms with E-state index in [1.165, 1.54) is 0 Å². The fourth-order valence-corrected chi connectivity index (χ4v) is 4.10. The summed E-state index contributed by atoms with van der Waals surface area (Å²) in [6, 6.07) is 9.55. The van der Waals surface area contributed by atoms with E-state index in [2.05, 4.69) is 15.3 Å². The summed E-state index contributed by atoms with van der Waals surface area (Å²) in [5.74, 6) is 0.625. The molecule has 0 N–H and O–H groups in total. The zero-order chi connectivity index (χ0) is 22.0. The number of aromatic nitrogens is 5. The average molecular weight is 422 g/mol. The predicted octanol–water partition coefficient (Wildman–Crippen LogP) is 1.93. The third kappa shape index (κ3) is 4.08. The van der Waals surface area contributed by atoms with Gasteiger partial charge in [0, 0.05) is 69.9 Å². The highest BCUT2D eigenvalue weighted by Crippen LogP contribution is 2.28. The van der Waals surface area contributed by atoms with Crippen LogP contribution < -0.4 is 4.90 Å². The van der Waals surface area contributed by atoms with Crippen LogP contribution in [-0.2, 0) is 36.6 Å². The molecule has 0 saturated carbocycles. The summed E-state index contributed by atoms with van der Waals surface area (Å²) < 4.78 is 3.69. The van der Waals surface area contributed by atoms with Crippen molar-refractivity contribution in [2.24, 2.45) is 14.1 Å². The SMILES string of the molecule is CCN(C(=O)CCC(=O)N1CCc2c(c(-c3nncn3C)nn2C)C1)c1ccccc1. The molecule has 0 spiro atoms. The maximum absolute atomic E-state index is 12.9. The molecule has 0 aliphatic carbocycles. The molecule has 1 aliphatic heterocycles. The van der Waals surface area contributed by atoms with Crippen molar-refractivity contribution in [2.75, 3.05) is 18.0 Å². The van der Waals surface area contributed by atoms with Gasteiger partial charge in [0.05, 0.1) is 0 Å². The number of hydrogen-bond donors (Lipinski definition) is 0. The zero-order valence-corrected chi connectivity index (χ0v) is 18.2. The third-order valence-electron chi connectivity index (χ3n) is 5.76. The van der Waals surface area contributed by atoms with Crippen LogP contribution in [0.5, 0.6) is 0 Å².